The van der Waals surface area contributed by atoms with Crippen molar-refractivity contribution in [2.45, 2.75) is 25.9 Å². The van der Waals surface area contributed by atoms with Gasteiger partial charge in [0.2, 0.25) is 5.88 Å². The van der Waals surface area contributed by atoms with E-state index in [2.05, 4.69) is 20.9 Å². The topological polar surface area (TPSA) is 31.4 Å². The molecule has 0 saturated carbocycles. The largest absolute Gasteiger partial charge is 0.478 e. The van der Waals surface area contributed by atoms with E-state index < -0.39 is 0 Å². The first-order valence-corrected chi connectivity index (χ1v) is 5.62. The zero-order chi connectivity index (χ0) is 11.3. The Morgan fingerprint density at radius 3 is 2.67 bits per heavy atom. The molecule has 0 bridgehead atoms. The molecular formula is C11H16BrNO2. The molecule has 0 unspecified atom stereocenters. The third-order valence-electron chi connectivity index (χ3n) is 2.21. The van der Waals surface area contributed by atoms with E-state index in [9.17, 15) is 0 Å². The summed E-state index contributed by atoms with van der Waals surface area (Å²) in [7, 11) is 1.71. The van der Waals surface area contributed by atoms with Crippen molar-refractivity contribution in [1.29, 1.82) is 0 Å². The fourth-order valence-electron chi connectivity index (χ4n) is 0.951. The van der Waals surface area contributed by atoms with Crippen molar-refractivity contribution in [3.8, 4) is 5.88 Å². The molecule has 1 rings (SSSR count). The van der Waals surface area contributed by atoms with Gasteiger partial charge < -0.3 is 9.47 Å². The van der Waals surface area contributed by atoms with Crippen LogP contribution in [0.15, 0.2) is 22.8 Å². The maximum atomic E-state index is 5.49. The summed E-state index contributed by atoms with van der Waals surface area (Å²) in [4.78, 5) is 4.11. The number of halogens is 1. The van der Waals surface area contributed by atoms with E-state index in [-0.39, 0.29) is 5.60 Å². The molecule has 0 aliphatic heterocycles. The van der Waals surface area contributed by atoms with Gasteiger partial charge in [-0.05, 0) is 35.8 Å². The predicted molar refractivity (Wildman–Crippen MR) is 63.1 cm³/mol. The van der Waals surface area contributed by atoms with Crippen LogP contribution in [0.3, 0.4) is 0 Å². The molecular weight excluding hydrogens is 258 g/mol. The minimum Gasteiger partial charge on any atom is -0.478 e. The number of aromatic nitrogens is 1. The van der Waals surface area contributed by atoms with E-state index in [1.807, 2.05) is 26.0 Å². The van der Waals surface area contributed by atoms with Crippen molar-refractivity contribution in [3.63, 3.8) is 0 Å². The van der Waals surface area contributed by atoms with E-state index in [0.717, 1.165) is 10.9 Å². The van der Waals surface area contributed by atoms with Crippen LogP contribution in [0.1, 0.15) is 20.3 Å². The first-order valence-electron chi connectivity index (χ1n) is 4.83. The number of hydrogen-bond donors (Lipinski definition) is 0. The van der Waals surface area contributed by atoms with Crippen LogP contribution in [0.25, 0.3) is 0 Å². The molecule has 0 aliphatic rings. The summed E-state index contributed by atoms with van der Waals surface area (Å²) in [6.45, 7) is 4.67. The van der Waals surface area contributed by atoms with Crippen LogP contribution in [0, 0.1) is 0 Å². The smallest absolute Gasteiger partial charge is 0.213 e. The van der Waals surface area contributed by atoms with Gasteiger partial charge in [-0.1, -0.05) is 0 Å². The average Bonchev–Trinajstić information content (AvgIpc) is 2.21. The van der Waals surface area contributed by atoms with E-state index in [0.29, 0.717) is 12.5 Å². The Hall–Kier alpha value is -0.610. The van der Waals surface area contributed by atoms with Crippen molar-refractivity contribution in [2.75, 3.05) is 13.7 Å². The lowest BCUT2D eigenvalue weighted by atomic mass is 10.1. The van der Waals surface area contributed by atoms with Gasteiger partial charge in [0.15, 0.2) is 0 Å². The number of nitrogens with zero attached hydrogens (tertiary/aromatic N) is 1. The first kappa shape index (κ1) is 12.5. The number of hydrogen-bond acceptors (Lipinski definition) is 3. The summed E-state index contributed by atoms with van der Waals surface area (Å²) in [6, 6.07) is 3.74. The van der Waals surface area contributed by atoms with Gasteiger partial charge in [0.1, 0.15) is 0 Å². The molecule has 1 aromatic rings. The lowest BCUT2D eigenvalue weighted by molar-refractivity contribution is 0.00508. The molecule has 0 radical (unpaired) electrons. The molecule has 1 aromatic heterocycles. The van der Waals surface area contributed by atoms with Crippen LogP contribution in [-0.2, 0) is 4.74 Å². The van der Waals surface area contributed by atoms with Gasteiger partial charge in [0.05, 0.1) is 12.2 Å². The van der Waals surface area contributed by atoms with Gasteiger partial charge in [-0.25, -0.2) is 4.98 Å². The number of rotatable bonds is 5. The summed E-state index contributed by atoms with van der Waals surface area (Å²) in [5, 5.41) is 0. The quantitative estimate of drug-likeness (QED) is 0.827. The molecule has 0 atom stereocenters. The van der Waals surface area contributed by atoms with Crippen LogP contribution < -0.4 is 4.74 Å². The lowest BCUT2D eigenvalue weighted by Gasteiger charge is -2.22. The van der Waals surface area contributed by atoms with Gasteiger partial charge in [0.25, 0.3) is 0 Å². The molecule has 3 nitrogen and oxygen atoms in total. The van der Waals surface area contributed by atoms with Crippen molar-refractivity contribution in [3.05, 3.63) is 22.8 Å². The van der Waals surface area contributed by atoms with Gasteiger partial charge in [-0.3, -0.25) is 0 Å². The second kappa shape index (κ2) is 5.47. The first-order chi connectivity index (χ1) is 7.03. The van der Waals surface area contributed by atoms with Crippen molar-refractivity contribution in [1.82, 2.24) is 4.98 Å². The molecule has 0 amide bonds. The number of methoxy groups -OCH3 is 1. The third-order valence-corrected chi connectivity index (χ3v) is 2.68. The SMILES string of the molecule is COC(C)(C)CCOc1ccc(Br)cn1. The molecule has 0 fully saturated rings. The summed E-state index contributed by atoms with van der Waals surface area (Å²) in [5.74, 6) is 0.644. The Labute approximate surface area is 98.9 Å². The normalized spacial score (nSPS) is 11.5. The van der Waals surface area contributed by atoms with E-state index in [4.69, 9.17) is 9.47 Å². The molecule has 15 heavy (non-hydrogen) atoms. The Bertz CT molecular complexity index is 298. The molecule has 0 aromatic carbocycles. The van der Waals surface area contributed by atoms with E-state index in [1.165, 1.54) is 0 Å². The van der Waals surface area contributed by atoms with Crippen molar-refractivity contribution in [2.24, 2.45) is 0 Å². The maximum absolute atomic E-state index is 5.49. The highest BCUT2D eigenvalue weighted by atomic mass is 79.9. The highest BCUT2D eigenvalue weighted by Gasteiger charge is 2.15. The molecule has 84 valence electrons. The fourth-order valence-corrected chi connectivity index (χ4v) is 1.19. The standard InChI is InChI=1S/C11H16BrNO2/c1-11(2,14-3)6-7-15-10-5-4-9(12)8-13-10/h4-5,8H,6-7H2,1-3H3. The highest BCUT2D eigenvalue weighted by Crippen LogP contribution is 2.15. The summed E-state index contributed by atoms with van der Waals surface area (Å²) in [6.07, 6.45) is 2.55. The maximum Gasteiger partial charge on any atom is 0.213 e. The van der Waals surface area contributed by atoms with E-state index >= 15 is 0 Å². The Morgan fingerprint density at radius 1 is 1.40 bits per heavy atom. The molecule has 0 N–H and O–H groups in total. The summed E-state index contributed by atoms with van der Waals surface area (Å²) in [5.41, 5.74) is -0.143. The predicted octanol–water partition coefficient (Wildman–Crippen LogP) is 3.04. The molecule has 0 spiro atoms. The van der Waals surface area contributed by atoms with Crippen LogP contribution >= 0.6 is 15.9 Å². The van der Waals surface area contributed by atoms with Gasteiger partial charge in [-0.15, -0.1) is 0 Å². The molecule has 4 heteroatoms. The van der Waals surface area contributed by atoms with Crippen LogP contribution in [-0.4, -0.2) is 24.3 Å². The average molecular weight is 274 g/mol. The third kappa shape index (κ3) is 4.62. The summed E-state index contributed by atoms with van der Waals surface area (Å²) < 4.78 is 11.7. The fraction of sp³-hybridized carbons (Fsp3) is 0.545. The van der Waals surface area contributed by atoms with Crippen LogP contribution in [0.4, 0.5) is 0 Å². The van der Waals surface area contributed by atoms with Gasteiger partial charge in [-0.2, -0.15) is 0 Å². The monoisotopic (exact) mass is 273 g/mol. The molecule has 1 heterocycles. The minimum absolute atomic E-state index is 0.143. The van der Waals surface area contributed by atoms with Crippen LogP contribution in [0.2, 0.25) is 0 Å². The molecule has 0 aliphatic carbocycles. The van der Waals surface area contributed by atoms with Crippen LogP contribution in [0.5, 0.6) is 5.88 Å². The zero-order valence-corrected chi connectivity index (χ0v) is 10.9. The number of ether oxygens (including phenoxy) is 2. The zero-order valence-electron chi connectivity index (χ0n) is 9.29. The second-order valence-corrected chi connectivity index (χ2v) is 4.79. The Morgan fingerprint density at radius 2 is 2.13 bits per heavy atom. The van der Waals surface area contributed by atoms with Gasteiger partial charge >= 0.3 is 0 Å². The number of pyridine rings is 1. The summed E-state index contributed by atoms with van der Waals surface area (Å²) >= 11 is 3.32. The Balaban J connectivity index is 2.35. The van der Waals surface area contributed by atoms with Crippen molar-refractivity contribution < 1.29 is 9.47 Å². The van der Waals surface area contributed by atoms with Gasteiger partial charge in [0, 0.05) is 30.3 Å². The minimum atomic E-state index is -0.143. The Kier molecular flexibility index (Phi) is 4.54. The van der Waals surface area contributed by atoms with E-state index in [1.54, 1.807) is 13.3 Å². The second-order valence-electron chi connectivity index (χ2n) is 3.88. The molecule has 0 saturated heterocycles. The highest BCUT2D eigenvalue weighted by molar-refractivity contribution is 9.10. The lowest BCUT2D eigenvalue weighted by Crippen LogP contribution is -2.25. The van der Waals surface area contributed by atoms with Crippen molar-refractivity contribution >= 4 is 15.9 Å².